The van der Waals surface area contributed by atoms with Crippen molar-refractivity contribution in [3.63, 3.8) is 0 Å². The van der Waals surface area contributed by atoms with E-state index in [0.717, 1.165) is 42.9 Å². The fourth-order valence-corrected chi connectivity index (χ4v) is 1.60. The molecule has 0 aliphatic heterocycles. The first-order valence-corrected chi connectivity index (χ1v) is 5.70. The Morgan fingerprint density at radius 1 is 1.19 bits per heavy atom. The lowest BCUT2D eigenvalue weighted by Crippen LogP contribution is -2.06. The minimum Gasteiger partial charge on any atom is -0.493 e. The minimum absolute atomic E-state index is 0.523. The van der Waals surface area contributed by atoms with Crippen LogP contribution in [0.1, 0.15) is 24.0 Å². The number of nitrogens with two attached hydrogens (primary N) is 1. The first-order valence-electron chi connectivity index (χ1n) is 5.70. The van der Waals surface area contributed by atoms with Gasteiger partial charge in [0.2, 0.25) is 0 Å². The van der Waals surface area contributed by atoms with Gasteiger partial charge in [-0.15, -0.1) is 0 Å². The molecule has 3 nitrogen and oxygen atoms in total. The van der Waals surface area contributed by atoms with Gasteiger partial charge in [0, 0.05) is 25.8 Å². The molecule has 2 N–H and O–H groups in total. The van der Waals surface area contributed by atoms with Crippen molar-refractivity contribution in [2.75, 3.05) is 20.3 Å². The zero-order valence-corrected chi connectivity index (χ0v) is 10.2. The molecule has 0 bridgehead atoms. The Hall–Kier alpha value is -1.06. The van der Waals surface area contributed by atoms with Crippen LogP contribution in [-0.4, -0.2) is 20.3 Å². The van der Waals surface area contributed by atoms with Crippen molar-refractivity contribution in [2.45, 2.75) is 26.3 Å². The summed E-state index contributed by atoms with van der Waals surface area (Å²) in [6.45, 7) is 4.08. The SMILES string of the molecule is COCCCCOc1c(C)cccc1CN. The number of ether oxygens (including phenoxy) is 2. The molecule has 0 atom stereocenters. The van der Waals surface area contributed by atoms with Crippen molar-refractivity contribution in [1.82, 2.24) is 0 Å². The van der Waals surface area contributed by atoms with Crippen molar-refractivity contribution in [1.29, 1.82) is 0 Å². The highest BCUT2D eigenvalue weighted by Gasteiger charge is 2.04. The van der Waals surface area contributed by atoms with Gasteiger partial charge in [-0.25, -0.2) is 0 Å². The molecule has 0 saturated carbocycles. The molecule has 0 amide bonds. The van der Waals surface area contributed by atoms with E-state index in [1.807, 2.05) is 25.1 Å². The molecule has 0 spiro atoms. The lowest BCUT2D eigenvalue weighted by molar-refractivity contribution is 0.184. The number of aryl methyl sites for hydroxylation is 1. The molecule has 0 unspecified atom stereocenters. The summed E-state index contributed by atoms with van der Waals surface area (Å²) in [7, 11) is 1.72. The lowest BCUT2D eigenvalue weighted by Gasteiger charge is -2.12. The first kappa shape index (κ1) is 13.0. The predicted octanol–water partition coefficient (Wildman–Crippen LogP) is 2.26. The van der Waals surface area contributed by atoms with Crippen LogP contribution in [0.3, 0.4) is 0 Å². The number of methoxy groups -OCH3 is 1. The number of rotatable bonds is 7. The Labute approximate surface area is 97.6 Å². The Kier molecular flexibility index (Phi) is 5.90. The van der Waals surface area contributed by atoms with Gasteiger partial charge in [-0.3, -0.25) is 0 Å². The van der Waals surface area contributed by atoms with E-state index in [2.05, 4.69) is 0 Å². The summed E-state index contributed by atoms with van der Waals surface area (Å²) in [5.74, 6) is 0.947. The molecule has 1 rings (SSSR count). The molecular formula is C13H21NO2. The molecule has 16 heavy (non-hydrogen) atoms. The van der Waals surface area contributed by atoms with Gasteiger partial charge in [0.25, 0.3) is 0 Å². The number of unbranched alkanes of at least 4 members (excludes halogenated alkanes) is 1. The van der Waals surface area contributed by atoms with Crippen LogP contribution in [0.2, 0.25) is 0 Å². The maximum atomic E-state index is 5.77. The van der Waals surface area contributed by atoms with Gasteiger partial charge in [0.1, 0.15) is 5.75 Å². The van der Waals surface area contributed by atoms with E-state index in [9.17, 15) is 0 Å². The van der Waals surface area contributed by atoms with E-state index in [1.54, 1.807) is 7.11 Å². The van der Waals surface area contributed by atoms with Gasteiger partial charge in [-0.2, -0.15) is 0 Å². The van der Waals surface area contributed by atoms with E-state index in [4.69, 9.17) is 15.2 Å². The van der Waals surface area contributed by atoms with E-state index >= 15 is 0 Å². The number of hydrogen-bond acceptors (Lipinski definition) is 3. The van der Waals surface area contributed by atoms with Crippen molar-refractivity contribution in [2.24, 2.45) is 5.73 Å². The van der Waals surface area contributed by atoms with Crippen LogP contribution >= 0.6 is 0 Å². The molecule has 0 heterocycles. The summed E-state index contributed by atoms with van der Waals surface area (Å²) in [5.41, 5.74) is 7.90. The van der Waals surface area contributed by atoms with Crippen molar-refractivity contribution < 1.29 is 9.47 Å². The van der Waals surface area contributed by atoms with Gasteiger partial charge >= 0.3 is 0 Å². The Morgan fingerprint density at radius 3 is 2.62 bits per heavy atom. The highest BCUT2D eigenvalue weighted by atomic mass is 16.5. The second kappa shape index (κ2) is 7.25. The topological polar surface area (TPSA) is 44.5 Å². The zero-order chi connectivity index (χ0) is 11.8. The molecular weight excluding hydrogens is 202 g/mol. The Morgan fingerprint density at radius 2 is 1.94 bits per heavy atom. The third-order valence-electron chi connectivity index (χ3n) is 2.50. The molecule has 0 radical (unpaired) electrons. The fourth-order valence-electron chi connectivity index (χ4n) is 1.60. The monoisotopic (exact) mass is 223 g/mol. The summed E-state index contributed by atoms with van der Waals surface area (Å²) >= 11 is 0. The molecule has 90 valence electrons. The molecule has 1 aromatic rings. The van der Waals surface area contributed by atoms with Crippen LogP contribution < -0.4 is 10.5 Å². The highest BCUT2D eigenvalue weighted by Crippen LogP contribution is 2.23. The minimum atomic E-state index is 0.523. The molecule has 0 fully saturated rings. The summed E-state index contributed by atoms with van der Waals surface area (Å²) < 4.78 is 10.8. The van der Waals surface area contributed by atoms with Crippen LogP contribution in [0.25, 0.3) is 0 Å². The standard InChI is InChI=1S/C13H21NO2/c1-11-6-5-7-12(10-14)13(11)16-9-4-3-8-15-2/h5-7H,3-4,8-10,14H2,1-2H3. The maximum absolute atomic E-state index is 5.77. The molecule has 3 heteroatoms. The predicted molar refractivity (Wildman–Crippen MR) is 65.7 cm³/mol. The molecule has 0 aliphatic rings. The lowest BCUT2D eigenvalue weighted by atomic mass is 10.1. The highest BCUT2D eigenvalue weighted by molar-refractivity contribution is 5.40. The van der Waals surface area contributed by atoms with Crippen LogP contribution in [0.15, 0.2) is 18.2 Å². The van der Waals surface area contributed by atoms with E-state index in [1.165, 1.54) is 0 Å². The maximum Gasteiger partial charge on any atom is 0.126 e. The summed E-state index contributed by atoms with van der Waals surface area (Å²) in [4.78, 5) is 0. The van der Waals surface area contributed by atoms with Crippen molar-refractivity contribution >= 4 is 0 Å². The second-order valence-electron chi connectivity index (χ2n) is 3.82. The van der Waals surface area contributed by atoms with Crippen LogP contribution in [0.4, 0.5) is 0 Å². The quantitative estimate of drug-likeness (QED) is 0.721. The summed E-state index contributed by atoms with van der Waals surface area (Å²) in [6, 6.07) is 6.07. The van der Waals surface area contributed by atoms with E-state index in [-0.39, 0.29) is 0 Å². The average Bonchev–Trinajstić information content (AvgIpc) is 2.30. The van der Waals surface area contributed by atoms with Gasteiger partial charge in [-0.05, 0) is 25.3 Å². The largest absolute Gasteiger partial charge is 0.493 e. The smallest absolute Gasteiger partial charge is 0.126 e. The van der Waals surface area contributed by atoms with Gasteiger partial charge in [0.05, 0.1) is 6.61 Å². The average molecular weight is 223 g/mol. The number of para-hydroxylation sites is 1. The molecule has 0 saturated heterocycles. The van der Waals surface area contributed by atoms with E-state index < -0.39 is 0 Å². The third-order valence-corrected chi connectivity index (χ3v) is 2.50. The third kappa shape index (κ3) is 3.83. The zero-order valence-electron chi connectivity index (χ0n) is 10.2. The van der Waals surface area contributed by atoms with Gasteiger partial charge in [0.15, 0.2) is 0 Å². The Balaban J connectivity index is 2.46. The van der Waals surface area contributed by atoms with Crippen LogP contribution in [-0.2, 0) is 11.3 Å². The van der Waals surface area contributed by atoms with Crippen LogP contribution in [0.5, 0.6) is 5.75 Å². The van der Waals surface area contributed by atoms with E-state index in [0.29, 0.717) is 6.54 Å². The number of benzene rings is 1. The Bertz CT molecular complexity index is 313. The molecule has 0 aliphatic carbocycles. The summed E-state index contributed by atoms with van der Waals surface area (Å²) in [5, 5.41) is 0. The van der Waals surface area contributed by atoms with Gasteiger partial charge in [-0.1, -0.05) is 18.2 Å². The molecule has 0 aromatic heterocycles. The second-order valence-corrected chi connectivity index (χ2v) is 3.82. The fraction of sp³-hybridized carbons (Fsp3) is 0.538. The summed E-state index contributed by atoms with van der Waals surface area (Å²) in [6.07, 6.45) is 2.03. The normalized spacial score (nSPS) is 10.4. The van der Waals surface area contributed by atoms with Crippen molar-refractivity contribution in [3.05, 3.63) is 29.3 Å². The van der Waals surface area contributed by atoms with Crippen LogP contribution in [0, 0.1) is 6.92 Å². The first-order chi connectivity index (χ1) is 7.79. The number of hydrogen-bond donors (Lipinski definition) is 1. The van der Waals surface area contributed by atoms with Gasteiger partial charge < -0.3 is 15.2 Å². The van der Waals surface area contributed by atoms with Crippen molar-refractivity contribution in [3.8, 4) is 5.75 Å². The molecule has 1 aromatic carbocycles.